The zero-order chi connectivity index (χ0) is 15.8. The third-order valence-electron chi connectivity index (χ3n) is 4.60. The first kappa shape index (κ1) is 17.9. The van der Waals surface area contributed by atoms with Crippen LogP contribution in [0.15, 0.2) is 12.1 Å². The summed E-state index contributed by atoms with van der Waals surface area (Å²) in [5.74, 6) is 1.46. The molecule has 2 atom stereocenters. The molecule has 120 valence electrons. The largest absolute Gasteiger partial charge is 0.504 e. The normalized spacial score (nSPS) is 20.4. The molecule has 2 unspecified atom stereocenters. The van der Waals surface area contributed by atoms with Crippen LogP contribution in [0.4, 0.5) is 0 Å². The van der Waals surface area contributed by atoms with Crippen LogP contribution >= 0.6 is 0 Å². The van der Waals surface area contributed by atoms with Crippen molar-refractivity contribution in [1.82, 2.24) is 0 Å². The van der Waals surface area contributed by atoms with Crippen LogP contribution in [-0.2, 0) is 12.8 Å². The fourth-order valence-corrected chi connectivity index (χ4v) is 2.91. The molecule has 2 N–H and O–H groups in total. The van der Waals surface area contributed by atoms with Crippen molar-refractivity contribution >= 4 is 0 Å². The van der Waals surface area contributed by atoms with E-state index in [2.05, 4.69) is 27.7 Å². The van der Waals surface area contributed by atoms with Gasteiger partial charge in [0.25, 0.3) is 0 Å². The molecule has 0 aliphatic heterocycles. The van der Waals surface area contributed by atoms with Gasteiger partial charge in [0.15, 0.2) is 11.5 Å². The van der Waals surface area contributed by atoms with E-state index in [1.54, 1.807) is 6.07 Å². The monoisotopic (exact) mass is 292 g/mol. The Hall–Kier alpha value is -1.18. The molecule has 0 bridgehead atoms. The maximum atomic E-state index is 9.92. The minimum atomic E-state index is 0.0209. The van der Waals surface area contributed by atoms with Gasteiger partial charge in [-0.25, -0.2) is 0 Å². The lowest BCUT2D eigenvalue weighted by Crippen LogP contribution is -2.23. The van der Waals surface area contributed by atoms with E-state index in [0.717, 1.165) is 18.4 Å². The Morgan fingerprint density at radius 2 is 1.67 bits per heavy atom. The molecule has 0 heterocycles. The summed E-state index contributed by atoms with van der Waals surface area (Å²) in [4.78, 5) is 0. The van der Waals surface area contributed by atoms with Gasteiger partial charge in [-0.1, -0.05) is 59.4 Å². The van der Waals surface area contributed by atoms with Crippen molar-refractivity contribution < 1.29 is 10.2 Å². The lowest BCUT2D eigenvalue weighted by molar-refractivity contribution is 0.297. The molecule has 0 spiro atoms. The molecule has 2 rings (SSSR count). The fraction of sp³-hybridized carbons (Fsp3) is 0.684. The third kappa shape index (κ3) is 4.94. The van der Waals surface area contributed by atoms with Gasteiger partial charge in [-0.05, 0) is 42.7 Å². The number of aromatic hydroxyl groups is 2. The van der Waals surface area contributed by atoms with E-state index < -0.39 is 0 Å². The second kappa shape index (κ2) is 8.96. The molecule has 0 saturated heterocycles. The second-order valence-electron chi connectivity index (χ2n) is 6.36. The molecule has 0 fully saturated rings. The lowest BCUT2D eigenvalue weighted by Gasteiger charge is -2.31. The van der Waals surface area contributed by atoms with Gasteiger partial charge in [-0.2, -0.15) is 0 Å². The van der Waals surface area contributed by atoms with Crippen LogP contribution in [0.5, 0.6) is 11.5 Å². The number of hydrogen-bond acceptors (Lipinski definition) is 2. The Bertz CT molecular complexity index is 424. The molecule has 1 aliphatic carbocycles. The Morgan fingerprint density at radius 1 is 1.00 bits per heavy atom. The molecule has 1 aliphatic rings. The third-order valence-corrected chi connectivity index (χ3v) is 4.60. The van der Waals surface area contributed by atoms with Crippen LogP contribution in [0.3, 0.4) is 0 Å². The van der Waals surface area contributed by atoms with Crippen molar-refractivity contribution in [1.29, 1.82) is 0 Å². The van der Waals surface area contributed by atoms with Crippen LogP contribution < -0.4 is 0 Å². The Balaban J connectivity index is 0.000000491. The maximum absolute atomic E-state index is 9.92. The number of unbranched alkanes of at least 4 members (excludes halogenated alkanes) is 2. The molecule has 1 aromatic carbocycles. The molecular weight excluding hydrogens is 260 g/mol. The van der Waals surface area contributed by atoms with Crippen LogP contribution in [0.25, 0.3) is 0 Å². The average Bonchev–Trinajstić information content (AvgIpc) is 2.50. The number of phenols is 2. The maximum Gasteiger partial charge on any atom is 0.160 e. The first-order valence-corrected chi connectivity index (χ1v) is 8.57. The summed E-state index contributed by atoms with van der Waals surface area (Å²) < 4.78 is 0. The SMILES string of the molecule is CCCC.CCCCC1Cc2c(ccc(O)c2O)CC1C. The molecule has 2 heteroatoms. The van der Waals surface area contributed by atoms with Gasteiger partial charge in [-0.3, -0.25) is 0 Å². The summed E-state index contributed by atoms with van der Waals surface area (Å²) >= 11 is 0. The summed E-state index contributed by atoms with van der Waals surface area (Å²) in [6, 6.07) is 3.56. The van der Waals surface area contributed by atoms with Gasteiger partial charge >= 0.3 is 0 Å². The van der Waals surface area contributed by atoms with Crippen LogP contribution in [0, 0.1) is 11.8 Å². The smallest absolute Gasteiger partial charge is 0.160 e. The Morgan fingerprint density at radius 3 is 2.24 bits per heavy atom. The van der Waals surface area contributed by atoms with E-state index in [9.17, 15) is 10.2 Å². The van der Waals surface area contributed by atoms with Crippen molar-refractivity contribution in [3.8, 4) is 11.5 Å². The first-order valence-electron chi connectivity index (χ1n) is 8.57. The standard InChI is InChI=1S/C15H22O2.C4H10/c1-3-4-5-11-9-13-12(8-10(11)2)6-7-14(16)15(13)17;1-3-4-2/h6-7,10-11,16-17H,3-5,8-9H2,1-2H3;3-4H2,1-2H3. The van der Waals surface area contributed by atoms with Crippen molar-refractivity contribution in [2.24, 2.45) is 11.8 Å². The second-order valence-corrected chi connectivity index (χ2v) is 6.36. The fourth-order valence-electron chi connectivity index (χ4n) is 2.91. The number of hydrogen-bond donors (Lipinski definition) is 2. The first-order chi connectivity index (χ1) is 10.0. The Labute approximate surface area is 130 Å². The van der Waals surface area contributed by atoms with E-state index in [4.69, 9.17) is 0 Å². The van der Waals surface area contributed by atoms with Gasteiger partial charge < -0.3 is 10.2 Å². The van der Waals surface area contributed by atoms with Crippen molar-refractivity contribution in [3.05, 3.63) is 23.3 Å². The number of rotatable bonds is 4. The lowest BCUT2D eigenvalue weighted by atomic mass is 9.74. The quantitative estimate of drug-likeness (QED) is 0.725. The Kier molecular flexibility index (Phi) is 7.63. The van der Waals surface area contributed by atoms with Crippen LogP contribution in [-0.4, -0.2) is 10.2 Å². The van der Waals surface area contributed by atoms with E-state index in [1.807, 2.05) is 6.07 Å². The topological polar surface area (TPSA) is 40.5 Å². The van der Waals surface area contributed by atoms with Crippen molar-refractivity contribution in [2.75, 3.05) is 0 Å². The predicted octanol–water partition coefficient (Wildman–Crippen LogP) is 5.45. The zero-order valence-electron chi connectivity index (χ0n) is 14.2. The number of benzene rings is 1. The van der Waals surface area contributed by atoms with Gasteiger partial charge in [0, 0.05) is 5.56 Å². The molecule has 1 aromatic rings. The minimum absolute atomic E-state index is 0.0209. The molecule has 21 heavy (non-hydrogen) atoms. The highest BCUT2D eigenvalue weighted by atomic mass is 16.3. The number of phenolic OH excluding ortho intramolecular Hbond substituents is 2. The molecule has 2 nitrogen and oxygen atoms in total. The molecule has 0 radical (unpaired) electrons. The summed E-state index contributed by atoms with van der Waals surface area (Å²) in [6.45, 7) is 8.87. The minimum Gasteiger partial charge on any atom is -0.504 e. The highest BCUT2D eigenvalue weighted by molar-refractivity contribution is 5.50. The van der Waals surface area contributed by atoms with Gasteiger partial charge in [0.1, 0.15) is 0 Å². The van der Waals surface area contributed by atoms with Crippen molar-refractivity contribution in [2.45, 2.75) is 72.6 Å². The van der Waals surface area contributed by atoms with E-state index in [0.29, 0.717) is 11.8 Å². The van der Waals surface area contributed by atoms with Crippen LogP contribution in [0.1, 0.15) is 70.9 Å². The molecule has 0 aromatic heterocycles. The van der Waals surface area contributed by atoms with E-state index >= 15 is 0 Å². The van der Waals surface area contributed by atoms with Gasteiger partial charge in [0.05, 0.1) is 0 Å². The zero-order valence-corrected chi connectivity index (χ0v) is 14.2. The predicted molar refractivity (Wildman–Crippen MR) is 89.9 cm³/mol. The molecule has 0 saturated carbocycles. The van der Waals surface area contributed by atoms with E-state index in [1.165, 1.54) is 37.7 Å². The highest BCUT2D eigenvalue weighted by Crippen LogP contribution is 2.40. The summed E-state index contributed by atoms with van der Waals surface area (Å²) in [6.07, 6.45) is 8.28. The van der Waals surface area contributed by atoms with Gasteiger partial charge in [-0.15, -0.1) is 0 Å². The summed E-state index contributed by atoms with van der Waals surface area (Å²) in [7, 11) is 0. The average molecular weight is 292 g/mol. The highest BCUT2D eigenvalue weighted by Gasteiger charge is 2.27. The number of fused-ring (bicyclic) bond motifs is 1. The van der Waals surface area contributed by atoms with E-state index in [-0.39, 0.29) is 11.5 Å². The summed E-state index contributed by atoms with van der Waals surface area (Å²) in [5.41, 5.74) is 2.18. The molecule has 0 amide bonds. The van der Waals surface area contributed by atoms with Gasteiger partial charge in [0.2, 0.25) is 0 Å². The van der Waals surface area contributed by atoms with Crippen molar-refractivity contribution in [3.63, 3.8) is 0 Å². The van der Waals surface area contributed by atoms with Crippen LogP contribution in [0.2, 0.25) is 0 Å². The molecular formula is C19H32O2. The summed E-state index contributed by atoms with van der Waals surface area (Å²) in [5, 5.41) is 19.5.